The molecule has 1 aliphatic heterocycles. The van der Waals surface area contributed by atoms with E-state index in [4.69, 9.17) is 0 Å². The van der Waals surface area contributed by atoms with Gasteiger partial charge in [-0.3, -0.25) is 0 Å². The predicted molar refractivity (Wildman–Crippen MR) is 28.1 cm³/mol. The Bertz CT molecular complexity index is 133. The lowest BCUT2D eigenvalue weighted by molar-refractivity contribution is 1.09. The Kier molecular flexibility index (Phi) is 0.929. The summed E-state index contributed by atoms with van der Waals surface area (Å²) in [6, 6.07) is 0. The minimum absolute atomic E-state index is 0.811. The SMILES string of the molecule is CC1=C(C)N=NC1. The molecule has 0 saturated carbocycles. The van der Waals surface area contributed by atoms with Crippen LogP contribution < -0.4 is 0 Å². The largest absolute Gasteiger partial charge is 0.184 e. The highest BCUT2D eigenvalue weighted by Gasteiger charge is 1.98. The fourth-order valence-corrected chi connectivity index (χ4v) is 0.447. The number of hydrogen-bond donors (Lipinski definition) is 0. The Hall–Kier alpha value is -0.660. The topological polar surface area (TPSA) is 24.7 Å². The number of allylic oxidation sites excluding steroid dienone is 1. The first kappa shape index (κ1) is 4.50. The molecule has 0 aromatic carbocycles. The molecule has 0 unspecified atom stereocenters. The smallest absolute Gasteiger partial charge is 0.0831 e. The van der Waals surface area contributed by atoms with Crippen LogP contribution in [0.5, 0.6) is 0 Å². The van der Waals surface area contributed by atoms with Gasteiger partial charge in [0.2, 0.25) is 0 Å². The minimum Gasteiger partial charge on any atom is -0.184 e. The van der Waals surface area contributed by atoms with Gasteiger partial charge in [-0.05, 0) is 19.4 Å². The minimum atomic E-state index is 0.811. The van der Waals surface area contributed by atoms with Crippen LogP contribution in [-0.2, 0) is 0 Å². The van der Waals surface area contributed by atoms with Crippen molar-refractivity contribution in [3.05, 3.63) is 11.3 Å². The van der Waals surface area contributed by atoms with Crippen LogP contribution in [0.1, 0.15) is 13.8 Å². The standard InChI is InChI=1S/C5H8N2/c1-4-3-6-7-5(4)2/h3H2,1-2H3. The lowest BCUT2D eigenvalue weighted by Gasteiger charge is -1.82. The van der Waals surface area contributed by atoms with E-state index in [1.54, 1.807) is 0 Å². The molecule has 1 heterocycles. The molecule has 0 aliphatic carbocycles. The van der Waals surface area contributed by atoms with Gasteiger partial charge >= 0.3 is 0 Å². The van der Waals surface area contributed by atoms with Crippen LogP contribution >= 0.6 is 0 Å². The lowest BCUT2D eigenvalue weighted by Crippen LogP contribution is -1.74. The van der Waals surface area contributed by atoms with Crippen LogP contribution in [0, 0.1) is 0 Å². The summed E-state index contributed by atoms with van der Waals surface area (Å²) in [6.45, 7) is 4.84. The maximum atomic E-state index is 3.82. The quantitative estimate of drug-likeness (QED) is 0.439. The van der Waals surface area contributed by atoms with Gasteiger partial charge in [-0.15, -0.1) is 0 Å². The molecule has 2 heteroatoms. The van der Waals surface area contributed by atoms with E-state index in [-0.39, 0.29) is 0 Å². The van der Waals surface area contributed by atoms with E-state index < -0.39 is 0 Å². The highest BCUT2D eigenvalue weighted by Crippen LogP contribution is 2.11. The van der Waals surface area contributed by atoms with Gasteiger partial charge in [0, 0.05) is 0 Å². The molecule has 0 aromatic rings. The Morgan fingerprint density at radius 1 is 1.43 bits per heavy atom. The zero-order valence-corrected chi connectivity index (χ0v) is 4.60. The molecule has 0 spiro atoms. The van der Waals surface area contributed by atoms with Crippen molar-refractivity contribution in [1.29, 1.82) is 0 Å². The van der Waals surface area contributed by atoms with Crippen LogP contribution in [-0.4, -0.2) is 6.54 Å². The monoisotopic (exact) mass is 96.1 g/mol. The summed E-state index contributed by atoms with van der Waals surface area (Å²) in [6.07, 6.45) is 0. The van der Waals surface area contributed by atoms with Crippen LogP contribution in [0.4, 0.5) is 0 Å². The first-order valence-electron chi connectivity index (χ1n) is 2.34. The van der Waals surface area contributed by atoms with Crippen molar-refractivity contribution in [2.45, 2.75) is 13.8 Å². The molecule has 0 atom stereocenters. The third-order valence-electron chi connectivity index (χ3n) is 1.15. The molecule has 0 N–H and O–H groups in total. The summed E-state index contributed by atoms with van der Waals surface area (Å²) in [5, 5.41) is 7.62. The zero-order valence-electron chi connectivity index (χ0n) is 4.60. The molecule has 38 valence electrons. The maximum Gasteiger partial charge on any atom is 0.0831 e. The van der Waals surface area contributed by atoms with Gasteiger partial charge in [-0.25, -0.2) is 0 Å². The highest BCUT2D eigenvalue weighted by atomic mass is 15.1. The van der Waals surface area contributed by atoms with Crippen molar-refractivity contribution in [3.8, 4) is 0 Å². The predicted octanol–water partition coefficient (Wildman–Crippen LogP) is 1.75. The molecule has 0 aromatic heterocycles. The fourth-order valence-electron chi connectivity index (χ4n) is 0.447. The van der Waals surface area contributed by atoms with Crippen LogP contribution in [0.2, 0.25) is 0 Å². The molecule has 2 nitrogen and oxygen atoms in total. The van der Waals surface area contributed by atoms with E-state index in [2.05, 4.69) is 17.2 Å². The molecule has 1 aliphatic rings. The molecule has 7 heavy (non-hydrogen) atoms. The first-order chi connectivity index (χ1) is 3.30. The number of rotatable bonds is 0. The van der Waals surface area contributed by atoms with Gasteiger partial charge in [0.15, 0.2) is 0 Å². The van der Waals surface area contributed by atoms with Gasteiger partial charge < -0.3 is 0 Å². The molecular weight excluding hydrogens is 88.1 g/mol. The summed E-state index contributed by atoms with van der Waals surface area (Å²) < 4.78 is 0. The number of nitrogens with zero attached hydrogens (tertiary/aromatic N) is 2. The molecule has 0 fully saturated rings. The summed E-state index contributed by atoms with van der Waals surface area (Å²) >= 11 is 0. The van der Waals surface area contributed by atoms with Gasteiger partial charge in [-0.2, -0.15) is 10.2 Å². The van der Waals surface area contributed by atoms with Crippen molar-refractivity contribution in [1.82, 2.24) is 0 Å². The molecule has 0 bridgehead atoms. The second-order valence-corrected chi connectivity index (χ2v) is 1.77. The van der Waals surface area contributed by atoms with E-state index in [1.807, 2.05) is 6.92 Å². The third kappa shape index (κ3) is 0.683. The number of hydrogen-bond acceptors (Lipinski definition) is 2. The number of azo groups is 1. The van der Waals surface area contributed by atoms with Crippen molar-refractivity contribution >= 4 is 0 Å². The van der Waals surface area contributed by atoms with E-state index in [1.165, 1.54) is 5.57 Å². The van der Waals surface area contributed by atoms with Crippen LogP contribution in [0.15, 0.2) is 21.5 Å². The summed E-state index contributed by atoms with van der Waals surface area (Å²) in [5.41, 5.74) is 2.38. The lowest BCUT2D eigenvalue weighted by atomic mass is 10.3. The Morgan fingerprint density at radius 3 is 2.29 bits per heavy atom. The Balaban J connectivity index is 2.79. The van der Waals surface area contributed by atoms with E-state index >= 15 is 0 Å². The molecule has 0 amide bonds. The zero-order chi connectivity index (χ0) is 5.28. The van der Waals surface area contributed by atoms with Crippen molar-refractivity contribution in [2.24, 2.45) is 10.2 Å². The Morgan fingerprint density at radius 2 is 2.14 bits per heavy atom. The average Bonchev–Trinajstić information content (AvgIpc) is 1.91. The van der Waals surface area contributed by atoms with Crippen molar-refractivity contribution in [3.63, 3.8) is 0 Å². The van der Waals surface area contributed by atoms with Crippen molar-refractivity contribution < 1.29 is 0 Å². The molecule has 0 radical (unpaired) electrons. The maximum absolute atomic E-state index is 3.82. The first-order valence-corrected chi connectivity index (χ1v) is 2.34. The third-order valence-corrected chi connectivity index (χ3v) is 1.15. The Labute approximate surface area is 43.0 Å². The molecule has 0 saturated heterocycles. The van der Waals surface area contributed by atoms with Gasteiger partial charge in [-0.1, -0.05) is 0 Å². The van der Waals surface area contributed by atoms with Crippen LogP contribution in [0.25, 0.3) is 0 Å². The molecule has 1 rings (SSSR count). The second-order valence-electron chi connectivity index (χ2n) is 1.77. The molecular formula is C5H8N2. The van der Waals surface area contributed by atoms with Crippen LogP contribution in [0.3, 0.4) is 0 Å². The van der Waals surface area contributed by atoms with E-state index in [9.17, 15) is 0 Å². The van der Waals surface area contributed by atoms with Gasteiger partial charge in [0.1, 0.15) is 0 Å². The van der Waals surface area contributed by atoms with Gasteiger partial charge in [0.05, 0.1) is 12.2 Å². The normalized spacial score (nSPS) is 19.1. The van der Waals surface area contributed by atoms with E-state index in [0.717, 1.165) is 12.2 Å². The average molecular weight is 96.1 g/mol. The summed E-state index contributed by atoms with van der Waals surface area (Å²) in [7, 11) is 0. The summed E-state index contributed by atoms with van der Waals surface area (Å²) in [4.78, 5) is 0. The fraction of sp³-hybridized carbons (Fsp3) is 0.600. The second kappa shape index (κ2) is 1.45. The van der Waals surface area contributed by atoms with E-state index in [0.29, 0.717) is 0 Å². The summed E-state index contributed by atoms with van der Waals surface area (Å²) in [5.74, 6) is 0. The highest BCUT2D eigenvalue weighted by molar-refractivity contribution is 5.12. The van der Waals surface area contributed by atoms with Crippen molar-refractivity contribution in [2.75, 3.05) is 6.54 Å². The van der Waals surface area contributed by atoms with Gasteiger partial charge in [0.25, 0.3) is 0 Å².